The van der Waals surface area contributed by atoms with Crippen molar-refractivity contribution in [1.82, 2.24) is 15.5 Å². The van der Waals surface area contributed by atoms with Crippen LogP contribution in [0.25, 0.3) is 0 Å². The second kappa shape index (κ2) is 7.70. The highest BCUT2D eigenvalue weighted by molar-refractivity contribution is 9.10. The molecule has 1 aromatic carbocycles. The van der Waals surface area contributed by atoms with Crippen molar-refractivity contribution >= 4 is 21.8 Å². The summed E-state index contributed by atoms with van der Waals surface area (Å²) in [5.74, 6) is 1.36. The van der Waals surface area contributed by atoms with Gasteiger partial charge >= 0.3 is 0 Å². The molecule has 7 heteroatoms. The quantitative estimate of drug-likeness (QED) is 0.863. The van der Waals surface area contributed by atoms with Gasteiger partial charge in [-0.1, -0.05) is 39.3 Å². The number of nitrogens with zero attached hydrogens (tertiary/aromatic N) is 2. The van der Waals surface area contributed by atoms with Gasteiger partial charge in [-0.05, 0) is 24.5 Å². The van der Waals surface area contributed by atoms with Crippen LogP contribution in [0.5, 0.6) is 0 Å². The summed E-state index contributed by atoms with van der Waals surface area (Å²) in [7, 11) is 0. The van der Waals surface area contributed by atoms with E-state index in [4.69, 9.17) is 9.26 Å². The van der Waals surface area contributed by atoms with E-state index in [1.165, 1.54) is 0 Å². The smallest absolute Gasteiger partial charge is 0.246 e. The number of nitrogens with one attached hydrogen (secondary N) is 1. The molecule has 6 nitrogen and oxygen atoms in total. The average molecular weight is 380 g/mol. The molecule has 0 atom stereocenters. The van der Waals surface area contributed by atoms with E-state index < -0.39 is 0 Å². The van der Waals surface area contributed by atoms with Crippen molar-refractivity contribution in [1.29, 1.82) is 0 Å². The van der Waals surface area contributed by atoms with Crippen LogP contribution >= 0.6 is 15.9 Å². The van der Waals surface area contributed by atoms with Gasteiger partial charge in [0.25, 0.3) is 0 Å². The molecule has 1 fully saturated rings. The number of carbonyl (C=O) groups excluding carboxylic acids is 1. The third kappa shape index (κ3) is 4.39. The standard InChI is InChI=1S/C16H18BrN3O3/c17-13-4-2-1-3-12(13)9-14(21)18-10-15-19-16(20-23-15)11-5-7-22-8-6-11/h1-4,11H,5-10H2,(H,18,21). The van der Waals surface area contributed by atoms with Crippen molar-refractivity contribution in [3.8, 4) is 0 Å². The first-order valence-electron chi connectivity index (χ1n) is 7.62. The summed E-state index contributed by atoms with van der Waals surface area (Å²) in [6, 6.07) is 7.66. The zero-order valence-corrected chi connectivity index (χ0v) is 14.2. The Hall–Kier alpha value is -1.73. The third-order valence-electron chi connectivity index (χ3n) is 3.82. The Morgan fingerprint density at radius 1 is 1.30 bits per heavy atom. The van der Waals surface area contributed by atoms with Crippen LogP contribution in [-0.2, 0) is 22.5 Å². The van der Waals surface area contributed by atoms with E-state index in [9.17, 15) is 4.79 Å². The molecule has 0 radical (unpaired) electrons. The monoisotopic (exact) mass is 379 g/mol. The van der Waals surface area contributed by atoms with E-state index in [1.54, 1.807) is 0 Å². The van der Waals surface area contributed by atoms with Gasteiger partial charge in [0.2, 0.25) is 11.8 Å². The van der Waals surface area contributed by atoms with E-state index in [-0.39, 0.29) is 18.4 Å². The van der Waals surface area contributed by atoms with Crippen LogP contribution < -0.4 is 5.32 Å². The third-order valence-corrected chi connectivity index (χ3v) is 4.59. The summed E-state index contributed by atoms with van der Waals surface area (Å²) in [5.41, 5.74) is 0.943. The average Bonchev–Trinajstić information content (AvgIpc) is 3.05. The Morgan fingerprint density at radius 2 is 2.09 bits per heavy atom. The molecule has 1 amide bonds. The van der Waals surface area contributed by atoms with E-state index in [1.807, 2.05) is 24.3 Å². The zero-order chi connectivity index (χ0) is 16.1. The summed E-state index contributed by atoms with van der Waals surface area (Å²) >= 11 is 3.44. The van der Waals surface area contributed by atoms with Gasteiger partial charge in [-0.25, -0.2) is 0 Å². The molecule has 0 spiro atoms. The molecule has 0 bridgehead atoms. The van der Waals surface area contributed by atoms with Gasteiger partial charge in [-0.3, -0.25) is 4.79 Å². The molecule has 1 aromatic heterocycles. The lowest BCUT2D eigenvalue weighted by Gasteiger charge is -2.18. The van der Waals surface area contributed by atoms with E-state index >= 15 is 0 Å². The minimum Gasteiger partial charge on any atom is -0.381 e. The highest BCUT2D eigenvalue weighted by atomic mass is 79.9. The van der Waals surface area contributed by atoms with Crippen LogP contribution in [0.1, 0.15) is 36.0 Å². The Labute approximate surface area is 142 Å². The van der Waals surface area contributed by atoms with Crippen LogP contribution in [0.4, 0.5) is 0 Å². The Morgan fingerprint density at radius 3 is 2.87 bits per heavy atom. The molecule has 0 aliphatic carbocycles. The van der Waals surface area contributed by atoms with E-state index in [0.29, 0.717) is 18.1 Å². The van der Waals surface area contributed by atoms with Gasteiger partial charge in [0.1, 0.15) is 0 Å². The highest BCUT2D eigenvalue weighted by Crippen LogP contribution is 2.24. The number of carbonyl (C=O) groups is 1. The number of aromatic nitrogens is 2. The Kier molecular flexibility index (Phi) is 5.40. The van der Waals surface area contributed by atoms with Crippen molar-refractivity contribution < 1.29 is 14.1 Å². The molecule has 0 unspecified atom stereocenters. The van der Waals surface area contributed by atoms with E-state index in [2.05, 4.69) is 31.4 Å². The number of benzene rings is 1. The summed E-state index contributed by atoms with van der Waals surface area (Å²) in [6.07, 6.45) is 2.13. The fraction of sp³-hybridized carbons (Fsp3) is 0.438. The maximum Gasteiger partial charge on any atom is 0.246 e. The highest BCUT2D eigenvalue weighted by Gasteiger charge is 2.21. The number of hydrogen-bond acceptors (Lipinski definition) is 5. The van der Waals surface area contributed by atoms with Crippen LogP contribution in [0, 0.1) is 0 Å². The maximum atomic E-state index is 12.0. The lowest BCUT2D eigenvalue weighted by atomic mass is 10.00. The molecule has 122 valence electrons. The molecule has 3 rings (SSSR count). The molecule has 1 N–H and O–H groups in total. The fourth-order valence-corrected chi connectivity index (χ4v) is 2.94. The molecule has 1 aliphatic rings. The van der Waals surface area contributed by atoms with Crippen molar-refractivity contribution in [2.75, 3.05) is 13.2 Å². The molecular formula is C16H18BrN3O3. The minimum atomic E-state index is -0.0808. The summed E-state index contributed by atoms with van der Waals surface area (Å²) in [4.78, 5) is 16.4. The predicted molar refractivity (Wildman–Crippen MR) is 86.8 cm³/mol. The second-order valence-corrected chi connectivity index (χ2v) is 6.33. The summed E-state index contributed by atoms with van der Waals surface area (Å²) in [6.45, 7) is 1.72. The van der Waals surface area contributed by atoms with Crippen molar-refractivity contribution in [2.24, 2.45) is 0 Å². The Balaban J connectivity index is 1.51. The lowest BCUT2D eigenvalue weighted by molar-refractivity contribution is -0.120. The minimum absolute atomic E-state index is 0.0808. The summed E-state index contributed by atoms with van der Waals surface area (Å²) < 4.78 is 11.5. The molecule has 1 saturated heterocycles. The van der Waals surface area contributed by atoms with Crippen molar-refractivity contribution in [2.45, 2.75) is 31.7 Å². The number of rotatable bonds is 5. The van der Waals surface area contributed by atoms with Gasteiger partial charge in [0.15, 0.2) is 5.82 Å². The molecule has 2 heterocycles. The maximum absolute atomic E-state index is 12.0. The number of halogens is 1. The lowest BCUT2D eigenvalue weighted by Crippen LogP contribution is -2.25. The first kappa shape index (κ1) is 16.1. The molecular weight excluding hydrogens is 362 g/mol. The van der Waals surface area contributed by atoms with Gasteiger partial charge in [0.05, 0.1) is 13.0 Å². The van der Waals surface area contributed by atoms with Gasteiger partial charge in [-0.15, -0.1) is 0 Å². The molecule has 23 heavy (non-hydrogen) atoms. The van der Waals surface area contributed by atoms with Crippen molar-refractivity contribution in [3.63, 3.8) is 0 Å². The number of amides is 1. The molecule has 0 saturated carbocycles. The largest absolute Gasteiger partial charge is 0.381 e. The first-order chi connectivity index (χ1) is 11.2. The fourth-order valence-electron chi connectivity index (χ4n) is 2.51. The number of hydrogen-bond donors (Lipinski definition) is 1. The van der Waals surface area contributed by atoms with Crippen LogP contribution in [0.3, 0.4) is 0 Å². The topological polar surface area (TPSA) is 77.2 Å². The predicted octanol–water partition coefficient (Wildman–Crippen LogP) is 2.59. The number of ether oxygens (including phenoxy) is 1. The zero-order valence-electron chi connectivity index (χ0n) is 12.6. The molecule has 1 aliphatic heterocycles. The van der Waals surface area contributed by atoms with Gasteiger partial charge in [0, 0.05) is 23.6 Å². The van der Waals surface area contributed by atoms with Gasteiger partial charge < -0.3 is 14.6 Å². The SMILES string of the molecule is O=C(Cc1ccccc1Br)NCc1nc(C2CCOCC2)no1. The first-order valence-corrected chi connectivity index (χ1v) is 8.42. The van der Waals surface area contributed by atoms with Crippen LogP contribution in [0.2, 0.25) is 0 Å². The van der Waals surface area contributed by atoms with Gasteiger partial charge in [-0.2, -0.15) is 4.98 Å². The van der Waals surface area contributed by atoms with Crippen LogP contribution in [-0.4, -0.2) is 29.3 Å². The molecule has 2 aromatic rings. The van der Waals surface area contributed by atoms with Crippen molar-refractivity contribution in [3.05, 3.63) is 46.0 Å². The second-order valence-electron chi connectivity index (χ2n) is 5.48. The van der Waals surface area contributed by atoms with E-state index in [0.717, 1.165) is 36.1 Å². The van der Waals surface area contributed by atoms with Crippen LogP contribution in [0.15, 0.2) is 33.3 Å². The Bertz CT molecular complexity index is 668. The normalized spacial score (nSPS) is 15.5. The summed E-state index contributed by atoms with van der Waals surface area (Å²) in [5, 5.41) is 6.83.